The van der Waals surface area contributed by atoms with E-state index in [0.717, 1.165) is 12.8 Å². The molecular weight excluding hydrogens is 142 g/mol. The molecule has 3 heteroatoms. The minimum Gasteiger partial charge on any atom is -0.387 e. The maximum absolute atomic E-state index is 10.7. The molecule has 0 spiro atoms. The molecule has 60 valence electrons. The van der Waals surface area contributed by atoms with Gasteiger partial charge in [-0.2, -0.15) is 0 Å². The van der Waals surface area contributed by atoms with E-state index < -0.39 is 6.61 Å². The Kier molecular flexibility index (Phi) is 2.94. The van der Waals surface area contributed by atoms with E-state index in [2.05, 4.69) is 17.2 Å². The first-order valence-corrected chi connectivity index (χ1v) is 3.69. The van der Waals surface area contributed by atoms with Gasteiger partial charge in [0.25, 0.3) is 0 Å². The highest BCUT2D eigenvalue weighted by molar-refractivity contribution is 5.77. The third-order valence-electron chi connectivity index (χ3n) is 1.60. The van der Waals surface area contributed by atoms with Crippen molar-refractivity contribution in [1.29, 1.82) is 0 Å². The van der Waals surface area contributed by atoms with Crippen molar-refractivity contribution in [3.8, 4) is 11.8 Å². The third-order valence-corrected chi connectivity index (χ3v) is 1.60. The Balaban J connectivity index is 2.28. The largest absolute Gasteiger partial charge is 0.387 e. The number of hydrogen-bond donors (Lipinski definition) is 2. The van der Waals surface area contributed by atoms with Crippen LogP contribution in [0.4, 0.5) is 0 Å². The van der Waals surface area contributed by atoms with E-state index in [1.807, 2.05) is 0 Å². The second kappa shape index (κ2) is 3.99. The fraction of sp³-hybridized carbons (Fsp3) is 0.625. The molecule has 0 aromatic heterocycles. The summed E-state index contributed by atoms with van der Waals surface area (Å²) < 4.78 is 0. The number of carbonyl (C=O) groups is 1. The van der Waals surface area contributed by atoms with Crippen LogP contribution in [0.1, 0.15) is 19.3 Å². The zero-order valence-electron chi connectivity index (χ0n) is 6.26. The standard InChI is InChI=1S/C8H11NO2/c10-6-8(11)9-7-4-2-1-3-5-7/h7,10H,2,4-6H2,(H,9,11)/t7-/m0/s1. The van der Waals surface area contributed by atoms with Crippen LogP contribution in [0, 0.1) is 11.8 Å². The number of nitrogens with one attached hydrogen (secondary N) is 1. The van der Waals surface area contributed by atoms with Crippen LogP contribution in [0.3, 0.4) is 0 Å². The fourth-order valence-electron chi connectivity index (χ4n) is 1.03. The van der Waals surface area contributed by atoms with Crippen molar-refractivity contribution in [3.63, 3.8) is 0 Å². The molecule has 1 rings (SSSR count). The van der Waals surface area contributed by atoms with Gasteiger partial charge in [0.15, 0.2) is 0 Å². The summed E-state index contributed by atoms with van der Waals surface area (Å²) >= 11 is 0. The smallest absolute Gasteiger partial charge is 0.245 e. The monoisotopic (exact) mass is 153 g/mol. The molecule has 1 amide bonds. The van der Waals surface area contributed by atoms with E-state index in [9.17, 15) is 4.79 Å². The molecule has 0 radical (unpaired) electrons. The van der Waals surface area contributed by atoms with Crippen molar-refractivity contribution in [2.24, 2.45) is 0 Å². The Labute approximate surface area is 65.8 Å². The van der Waals surface area contributed by atoms with E-state index in [4.69, 9.17) is 5.11 Å². The molecule has 0 fully saturated rings. The highest BCUT2D eigenvalue weighted by Gasteiger charge is 2.11. The Bertz CT molecular complexity index is 202. The third kappa shape index (κ3) is 2.60. The lowest BCUT2D eigenvalue weighted by atomic mass is 10.0. The number of hydrogen-bond acceptors (Lipinski definition) is 2. The Morgan fingerprint density at radius 1 is 1.64 bits per heavy atom. The predicted octanol–water partition coefficient (Wildman–Crippen LogP) is -0.349. The van der Waals surface area contributed by atoms with E-state index >= 15 is 0 Å². The number of rotatable bonds is 2. The number of carbonyl (C=O) groups excluding carboxylic acids is 1. The van der Waals surface area contributed by atoms with Crippen LogP contribution in [0.15, 0.2) is 0 Å². The first-order valence-electron chi connectivity index (χ1n) is 3.69. The van der Waals surface area contributed by atoms with Gasteiger partial charge in [0.05, 0.1) is 0 Å². The van der Waals surface area contributed by atoms with Crippen LogP contribution in [0.5, 0.6) is 0 Å². The first-order chi connectivity index (χ1) is 5.33. The molecule has 0 saturated heterocycles. The Hall–Kier alpha value is -1.01. The molecule has 3 nitrogen and oxygen atoms in total. The summed E-state index contributed by atoms with van der Waals surface area (Å²) in [6, 6.07) is 0.149. The maximum Gasteiger partial charge on any atom is 0.245 e. The van der Waals surface area contributed by atoms with Gasteiger partial charge >= 0.3 is 0 Å². The summed E-state index contributed by atoms with van der Waals surface area (Å²) in [5.74, 6) is 5.55. The molecule has 1 aliphatic rings. The highest BCUT2D eigenvalue weighted by atomic mass is 16.3. The summed E-state index contributed by atoms with van der Waals surface area (Å²) in [6.07, 6.45) is 2.46. The molecule has 11 heavy (non-hydrogen) atoms. The Morgan fingerprint density at radius 2 is 2.45 bits per heavy atom. The molecule has 0 saturated carbocycles. The predicted molar refractivity (Wildman–Crippen MR) is 40.6 cm³/mol. The van der Waals surface area contributed by atoms with Crippen molar-refractivity contribution >= 4 is 5.91 Å². The fourth-order valence-corrected chi connectivity index (χ4v) is 1.03. The second-order valence-electron chi connectivity index (χ2n) is 2.52. The zero-order valence-corrected chi connectivity index (χ0v) is 6.26. The van der Waals surface area contributed by atoms with Crippen LogP contribution in [0.2, 0.25) is 0 Å². The molecule has 0 aliphatic heterocycles. The van der Waals surface area contributed by atoms with Crippen molar-refractivity contribution in [2.75, 3.05) is 6.61 Å². The Morgan fingerprint density at radius 3 is 3.00 bits per heavy atom. The summed E-state index contributed by atoms with van der Waals surface area (Å²) in [4.78, 5) is 10.7. The number of amides is 1. The van der Waals surface area contributed by atoms with Crippen molar-refractivity contribution in [2.45, 2.75) is 25.3 Å². The van der Waals surface area contributed by atoms with Gasteiger partial charge in [0, 0.05) is 18.9 Å². The summed E-state index contributed by atoms with van der Waals surface area (Å²) in [5.41, 5.74) is 0. The molecular formula is C8H11NO2. The topological polar surface area (TPSA) is 49.3 Å². The van der Waals surface area contributed by atoms with Crippen molar-refractivity contribution < 1.29 is 9.90 Å². The zero-order chi connectivity index (χ0) is 8.10. The van der Waals surface area contributed by atoms with E-state index in [0.29, 0.717) is 6.42 Å². The molecule has 0 heterocycles. The minimum absolute atomic E-state index is 0.149. The lowest BCUT2D eigenvalue weighted by Crippen LogP contribution is -2.36. The first kappa shape index (κ1) is 8.09. The number of aliphatic hydroxyl groups is 1. The second-order valence-corrected chi connectivity index (χ2v) is 2.52. The van der Waals surface area contributed by atoms with Crippen LogP contribution < -0.4 is 5.32 Å². The van der Waals surface area contributed by atoms with E-state index in [1.165, 1.54) is 0 Å². The molecule has 2 N–H and O–H groups in total. The average molecular weight is 153 g/mol. The lowest BCUT2D eigenvalue weighted by molar-refractivity contribution is -0.124. The van der Waals surface area contributed by atoms with Crippen LogP contribution in [-0.2, 0) is 4.79 Å². The summed E-state index contributed by atoms with van der Waals surface area (Å²) in [5, 5.41) is 11.1. The van der Waals surface area contributed by atoms with Crippen molar-refractivity contribution in [3.05, 3.63) is 0 Å². The van der Waals surface area contributed by atoms with E-state index in [1.54, 1.807) is 0 Å². The van der Waals surface area contributed by atoms with Crippen LogP contribution in [-0.4, -0.2) is 23.7 Å². The van der Waals surface area contributed by atoms with Gasteiger partial charge in [0.2, 0.25) is 5.91 Å². The van der Waals surface area contributed by atoms with Gasteiger partial charge in [-0.05, 0) is 6.42 Å². The van der Waals surface area contributed by atoms with Crippen LogP contribution in [0.25, 0.3) is 0 Å². The molecule has 0 aromatic rings. The van der Waals surface area contributed by atoms with Gasteiger partial charge < -0.3 is 10.4 Å². The van der Waals surface area contributed by atoms with Gasteiger partial charge in [-0.3, -0.25) is 4.79 Å². The minimum atomic E-state index is -0.427. The summed E-state index contributed by atoms with van der Waals surface area (Å²) in [6.45, 7) is -0.427. The summed E-state index contributed by atoms with van der Waals surface area (Å²) in [7, 11) is 0. The lowest BCUT2D eigenvalue weighted by Gasteiger charge is -2.16. The average Bonchev–Trinajstić information content (AvgIpc) is 2.06. The SMILES string of the molecule is O=C(CO)N[C@@H]1CC#CCC1. The van der Waals surface area contributed by atoms with Gasteiger partial charge in [-0.15, -0.1) is 11.8 Å². The normalized spacial score (nSPS) is 21.7. The van der Waals surface area contributed by atoms with Crippen molar-refractivity contribution in [1.82, 2.24) is 5.32 Å². The van der Waals surface area contributed by atoms with Gasteiger partial charge in [-0.25, -0.2) is 0 Å². The quantitative estimate of drug-likeness (QED) is 0.533. The molecule has 0 unspecified atom stereocenters. The molecule has 0 bridgehead atoms. The van der Waals surface area contributed by atoms with Gasteiger partial charge in [-0.1, -0.05) is 0 Å². The maximum atomic E-state index is 10.7. The van der Waals surface area contributed by atoms with Crippen LogP contribution >= 0.6 is 0 Å². The molecule has 1 atom stereocenters. The molecule has 1 aliphatic carbocycles. The highest BCUT2D eigenvalue weighted by Crippen LogP contribution is 2.04. The molecule has 0 aromatic carbocycles. The van der Waals surface area contributed by atoms with E-state index in [-0.39, 0.29) is 11.9 Å². The number of aliphatic hydroxyl groups excluding tert-OH is 1. The van der Waals surface area contributed by atoms with Gasteiger partial charge in [0.1, 0.15) is 6.61 Å².